The molecule has 0 spiro atoms. The van der Waals surface area contributed by atoms with Crippen molar-refractivity contribution in [3.63, 3.8) is 0 Å². The third kappa shape index (κ3) is 3.72. The molecule has 3 heteroatoms. The number of methoxy groups -OCH3 is 1. The number of hydrogen-bond acceptors (Lipinski definition) is 3. The first kappa shape index (κ1) is 13.4. The maximum Gasteiger partial charge on any atom is 0.118 e. The highest BCUT2D eigenvalue weighted by Crippen LogP contribution is 2.30. The molecule has 1 aromatic rings. The Morgan fingerprint density at radius 2 is 2.00 bits per heavy atom. The minimum atomic E-state index is 0.0922. The highest BCUT2D eigenvalue weighted by atomic mass is 16.5. The topological polar surface area (TPSA) is 38.5 Å². The van der Waals surface area contributed by atoms with Gasteiger partial charge < -0.3 is 15.4 Å². The summed E-state index contributed by atoms with van der Waals surface area (Å²) in [6, 6.07) is 8.18. The fourth-order valence-electron chi connectivity index (χ4n) is 2.23. The van der Waals surface area contributed by atoms with Gasteiger partial charge in [-0.3, -0.25) is 0 Å². The Hall–Kier alpha value is -1.06. The first-order valence-corrected chi connectivity index (χ1v) is 6.84. The van der Waals surface area contributed by atoms with Gasteiger partial charge in [0.2, 0.25) is 0 Å². The molecule has 0 heterocycles. The third-order valence-electron chi connectivity index (χ3n) is 3.66. The number of rotatable bonds is 7. The van der Waals surface area contributed by atoms with E-state index < -0.39 is 0 Å². The summed E-state index contributed by atoms with van der Waals surface area (Å²) in [4.78, 5) is 2.46. The van der Waals surface area contributed by atoms with Crippen molar-refractivity contribution < 1.29 is 4.74 Å². The number of nitrogens with zero attached hydrogens (tertiary/aromatic N) is 1. The second kappa shape index (κ2) is 6.21. The van der Waals surface area contributed by atoms with Gasteiger partial charge in [0.1, 0.15) is 5.75 Å². The first-order valence-electron chi connectivity index (χ1n) is 6.84. The van der Waals surface area contributed by atoms with Crippen molar-refractivity contribution in [3.8, 4) is 5.75 Å². The van der Waals surface area contributed by atoms with E-state index in [-0.39, 0.29) is 6.04 Å². The van der Waals surface area contributed by atoms with Gasteiger partial charge in [0.25, 0.3) is 0 Å². The largest absolute Gasteiger partial charge is 0.497 e. The fraction of sp³-hybridized carbons (Fsp3) is 0.600. The molecular formula is C15H24N2O. The van der Waals surface area contributed by atoms with E-state index in [4.69, 9.17) is 10.5 Å². The van der Waals surface area contributed by atoms with Gasteiger partial charge in [-0.15, -0.1) is 0 Å². The molecule has 1 aliphatic rings. The van der Waals surface area contributed by atoms with Crippen LogP contribution in [-0.4, -0.2) is 31.6 Å². The number of benzene rings is 1. The Balaban J connectivity index is 1.89. The summed E-state index contributed by atoms with van der Waals surface area (Å²) in [5.74, 6) is 1.81. The zero-order valence-corrected chi connectivity index (χ0v) is 11.4. The van der Waals surface area contributed by atoms with Crippen molar-refractivity contribution in [1.29, 1.82) is 0 Å². The van der Waals surface area contributed by atoms with Gasteiger partial charge in [-0.25, -0.2) is 0 Å². The molecule has 3 nitrogen and oxygen atoms in total. The molecule has 1 unspecified atom stereocenters. The Bertz CT molecular complexity index is 359. The lowest BCUT2D eigenvalue weighted by molar-refractivity contribution is 0.260. The van der Waals surface area contributed by atoms with Crippen molar-refractivity contribution in [2.45, 2.75) is 25.8 Å². The minimum Gasteiger partial charge on any atom is -0.497 e. The highest BCUT2D eigenvalue weighted by Gasteiger charge is 2.24. The molecule has 18 heavy (non-hydrogen) atoms. The fourth-order valence-corrected chi connectivity index (χ4v) is 2.23. The lowest BCUT2D eigenvalue weighted by Gasteiger charge is -2.24. The van der Waals surface area contributed by atoms with Crippen LogP contribution in [0, 0.1) is 5.92 Å². The first-order chi connectivity index (χ1) is 8.72. The predicted octanol–water partition coefficient (Wildman–Crippen LogP) is 2.43. The van der Waals surface area contributed by atoms with Gasteiger partial charge >= 0.3 is 0 Å². The zero-order valence-electron chi connectivity index (χ0n) is 11.4. The van der Waals surface area contributed by atoms with Crippen LogP contribution < -0.4 is 10.5 Å². The van der Waals surface area contributed by atoms with Crippen LogP contribution in [0.5, 0.6) is 5.75 Å². The number of nitrogens with two attached hydrogens (primary N) is 1. The molecule has 1 saturated carbocycles. The molecule has 1 fully saturated rings. The second-order valence-corrected chi connectivity index (χ2v) is 5.18. The van der Waals surface area contributed by atoms with Crippen LogP contribution in [0.25, 0.3) is 0 Å². The summed E-state index contributed by atoms with van der Waals surface area (Å²) in [5.41, 5.74) is 7.46. The summed E-state index contributed by atoms with van der Waals surface area (Å²) >= 11 is 0. The van der Waals surface area contributed by atoms with Gasteiger partial charge in [-0.1, -0.05) is 19.1 Å². The van der Waals surface area contributed by atoms with Crippen molar-refractivity contribution in [2.75, 3.05) is 26.7 Å². The molecule has 0 radical (unpaired) electrons. The quantitative estimate of drug-likeness (QED) is 0.805. The van der Waals surface area contributed by atoms with Crippen LogP contribution >= 0.6 is 0 Å². The van der Waals surface area contributed by atoms with E-state index in [2.05, 4.69) is 24.0 Å². The standard InChI is InChI=1S/C15H24N2O/c1-3-17(10-12-4-5-12)11-15(16)13-6-8-14(18-2)9-7-13/h6-9,12,15H,3-5,10-11,16H2,1-2H3. The van der Waals surface area contributed by atoms with Gasteiger partial charge in [-0.2, -0.15) is 0 Å². The smallest absolute Gasteiger partial charge is 0.118 e. The monoisotopic (exact) mass is 248 g/mol. The van der Waals surface area contributed by atoms with Crippen molar-refractivity contribution in [3.05, 3.63) is 29.8 Å². The average Bonchev–Trinajstić information content (AvgIpc) is 3.22. The van der Waals surface area contributed by atoms with E-state index in [1.807, 2.05) is 12.1 Å². The van der Waals surface area contributed by atoms with E-state index in [1.54, 1.807) is 7.11 Å². The predicted molar refractivity (Wildman–Crippen MR) is 74.8 cm³/mol. The van der Waals surface area contributed by atoms with Gasteiger partial charge in [0, 0.05) is 19.1 Å². The second-order valence-electron chi connectivity index (χ2n) is 5.18. The maximum absolute atomic E-state index is 6.28. The normalized spacial score (nSPS) is 16.9. The summed E-state index contributed by atoms with van der Waals surface area (Å²) in [7, 11) is 1.68. The minimum absolute atomic E-state index is 0.0922. The Kier molecular flexibility index (Phi) is 4.61. The molecule has 1 aliphatic carbocycles. The van der Waals surface area contributed by atoms with Crippen LogP contribution in [0.2, 0.25) is 0 Å². The van der Waals surface area contributed by atoms with Gasteiger partial charge in [-0.05, 0) is 43.0 Å². The molecule has 0 amide bonds. The Labute approximate surface area is 110 Å². The summed E-state index contributed by atoms with van der Waals surface area (Å²) < 4.78 is 5.16. The number of ether oxygens (including phenoxy) is 1. The van der Waals surface area contributed by atoms with Crippen LogP contribution in [-0.2, 0) is 0 Å². The van der Waals surface area contributed by atoms with E-state index in [1.165, 1.54) is 24.9 Å². The van der Waals surface area contributed by atoms with E-state index in [0.717, 1.165) is 24.8 Å². The van der Waals surface area contributed by atoms with Crippen LogP contribution in [0.4, 0.5) is 0 Å². The molecule has 0 bridgehead atoms. The van der Waals surface area contributed by atoms with Crippen molar-refractivity contribution in [2.24, 2.45) is 11.7 Å². The molecular weight excluding hydrogens is 224 g/mol. The average molecular weight is 248 g/mol. The number of likely N-dealkylation sites (N-methyl/N-ethyl adjacent to an activating group) is 1. The van der Waals surface area contributed by atoms with E-state index >= 15 is 0 Å². The van der Waals surface area contributed by atoms with E-state index in [0.29, 0.717) is 0 Å². The lowest BCUT2D eigenvalue weighted by atomic mass is 10.1. The van der Waals surface area contributed by atoms with Crippen LogP contribution in [0.15, 0.2) is 24.3 Å². The molecule has 1 aromatic carbocycles. The molecule has 0 aliphatic heterocycles. The van der Waals surface area contributed by atoms with Gasteiger partial charge in [0.15, 0.2) is 0 Å². The number of hydrogen-bond donors (Lipinski definition) is 1. The van der Waals surface area contributed by atoms with Crippen LogP contribution in [0.1, 0.15) is 31.4 Å². The lowest BCUT2D eigenvalue weighted by Crippen LogP contribution is -2.33. The van der Waals surface area contributed by atoms with Crippen molar-refractivity contribution in [1.82, 2.24) is 4.90 Å². The Morgan fingerprint density at radius 3 is 2.50 bits per heavy atom. The molecule has 0 aromatic heterocycles. The SMILES string of the molecule is CCN(CC1CC1)CC(N)c1ccc(OC)cc1. The summed E-state index contributed by atoms with van der Waals surface area (Å²) in [6.45, 7) is 5.45. The zero-order chi connectivity index (χ0) is 13.0. The maximum atomic E-state index is 6.28. The van der Waals surface area contributed by atoms with Crippen molar-refractivity contribution >= 4 is 0 Å². The molecule has 1 atom stereocenters. The third-order valence-corrected chi connectivity index (χ3v) is 3.66. The summed E-state index contributed by atoms with van der Waals surface area (Å²) in [5, 5.41) is 0. The van der Waals surface area contributed by atoms with Crippen LogP contribution in [0.3, 0.4) is 0 Å². The van der Waals surface area contributed by atoms with Gasteiger partial charge in [0.05, 0.1) is 7.11 Å². The van der Waals surface area contributed by atoms with E-state index in [9.17, 15) is 0 Å². The molecule has 100 valence electrons. The summed E-state index contributed by atoms with van der Waals surface area (Å²) in [6.07, 6.45) is 2.79. The molecule has 0 saturated heterocycles. The molecule has 2 N–H and O–H groups in total. The molecule has 2 rings (SSSR count). The Morgan fingerprint density at radius 1 is 1.33 bits per heavy atom. The highest BCUT2D eigenvalue weighted by molar-refractivity contribution is 5.29.